The van der Waals surface area contributed by atoms with Gasteiger partial charge in [0.2, 0.25) is 0 Å². The van der Waals surface area contributed by atoms with Crippen LogP contribution >= 0.6 is 19.6 Å². The highest BCUT2D eigenvalue weighted by atomic mass is 32.2. The second-order valence-corrected chi connectivity index (χ2v) is 11.3. The second kappa shape index (κ2) is 11.9. The van der Waals surface area contributed by atoms with Gasteiger partial charge in [0.1, 0.15) is 16.1 Å². The normalized spacial score (nSPS) is 14.8. The topological polar surface area (TPSA) is 153 Å². The quantitative estimate of drug-likeness (QED) is 0.303. The van der Waals surface area contributed by atoms with Crippen molar-refractivity contribution in [3.8, 4) is 11.8 Å². The van der Waals surface area contributed by atoms with Crippen molar-refractivity contribution < 1.29 is 31.2 Å². The van der Waals surface area contributed by atoms with Gasteiger partial charge in [-0.3, -0.25) is 4.90 Å². The third-order valence-electron chi connectivity index (χ3n) is 4.99. The summed E-state index contributed by atoms with van der Waals surface area (Å²) in [7, 11) is -6.68. The predicted molar refractivity (Wildman–Crippen MR) is 129 cm³/mol. The molecule has 4 N–H and O–H groups in total. The van der Waals surface area contributed by atoms with E-state index in [1.807, 2.05) is 18.2 Å². The molecule has 0 radical (unpaired) electrons. The molecule has 10 nitrogen and oxygen atoms in total. The summed E-state index contributed by atoms with van der Waals surface area (Å²) in [5.74, 6) is -0.945. The summed E-state index contributed by atoms with van der Waals surface area (Å²) < 4.78 is 69.1. The van der Waals surface area contributed by atoms with Crippen LogP contribution in [0.2, 0.25) is 0 Å². The summed E-state index contributed by atoms with van der Waals surface area (Å²) in [5, 5.41) is 9.53. The molecule has 2 heterocycles. The molecule has 0 aliphatic carbocycles. The SMILES string of the molecule is N.N#Cc1ccc(O[P+](=O)OCNS(=O)(=O)c2cc3cc(CN4CCOCC4)ccc3s2)cc1F. The number of morpholine rings is 1. The van der Waals surface area contributed by atoms with Gasteiger partial charge in [0.25, 0.3) is 10.0 Å². The fourth-order valence-electron chi connectivity index (χ4n) is 3.30. The highest BCUT2D eigenvalue weighted by Gasteiger charge is 2.25. The van der Waals surface area contributed by atoms with Crippen LogP contribution in [0.5, 0.6) is 5.75 Å². The summed E-state index contributed by atoms with van der Waals surface area (Å²) in [6.45, 7) is 3.29. The molecule has 1 aliphatic heterocycles. The van der Waals surface area contributed by atoms with Gasteiger partial charge in [0.15, 0.2) is 12.5 Å². The zero-order valence-corrected chi connectivity index (χ0v) is 21.0. The van der Waals surface area contributed by atoms with Crippen molar-refractivity contribution in [3.63, 3.8) is 0 Å². The molecule has 1 fully saturated rings. The van der Waals surface area contributed by atoms with Crippen molar-refractivity contribution in [1.29, 1.82) is 5.26 Å². The highest BCUT2D eigenvalue weighted by molar-refractivity contribution is 7.91. The van der Waals surface area contributed by atoms with Gasteiger partial charge in [-0.05, 0) is 41.3 Å². The monoisotopic (exact) mass is 541 g/mol. The van der Waals surface area contributed by atoms with Gasteiger partial charge >= 0.3 is 8.25 Å². The minimum absolute atomic E-state index is 0. The van der Waals surface area contributed by atoms with E-state index in [0.717, 1.165) is 52.7 Å². The van der Waals surface area contributed by atoms with Crippen LogP contribution in [0, 0.1) is 17.1 Å². The molecule has 0 saturated carbocycles. The molecule has 1 saturated heterocycles. The van der Waals surface area contributed by atoms with Crippen LogP contribution in [-0.2, 0) is 30.4 Å². The molecule has 1 aromatic heterocycles. The summed E-state index contributed by atoms with van der Waals surface area (Å²) in [4.78, 5) is 2.28. The van der Waals surface area contributed by atoms with Crippen molar-refractivity contribution >= 4 is 39.7 Å². The Morgan fingerprint density at radius 1 is 1.20 bits per heavy atom. The van der Waals surface area contributed by atoms with Crippen molar-refractivity contribution in [2.45, 2.75) is 10.8 Å². The van der Waals surface area contributed by atoms with Gasteiger partial charge in [-0.15, -0.1) is 11.3 Å². The van der Waals surface area contributed by atoms with Crippen LogP contribution in [-0.4, -0.2) is 46.4 Å². The van der Waals surface area contributed by atoms with E-state index in [1.54, 1.807) is 12.1 Å². The average molecular weight is 542 g/mol. The lowest BCUT2D eigenvalue weighted by atomic mass is 10.1. The van der Waals surface area contributed by atoms with E-state index in [1.165, 1.54) is 12.1 Å². The Kier molecular flexibility index (Phi) is 9.23. The van der Waals surface area contributed by atoms with E-state index in [-0.39, 0.29) is 21.7 Å². The first-order valence-corrected chi connectivity index (χ1v) is 13.5. The maximum atomic E-state index is 13.6. The fraction of sp³-hybridized carbons (Fsp3) is 0.286. The van der Waals surface area contributed by atoms with Crippen LogP contribution in [0.1, 0.15) is 11.1 Å². The third kappa shape index (κ3) is 7.00. The number of rotatable bonds is 9. The molecule has 1 unspecified atom stereocenters. The lowest BCUT2D eigenvalue weighted by molar-refractivity contribution is 0.0342. The standard InChI is InChI=1S/C21H20FN3O6PS2.H3N/c22-19-11-18(3-2-16(19)12-23)31-32(26)30-14-24-34(27,28)21-10-17-9-15(1-4-20(17)33-21)13-25-5-7-29-8-6-25;/h1-4,9-11,24H,5-8,13-14H2;1H3/q+1;. The number of hydrogen-bond donors (Lipinski definition) is 2. The van der Waals surface area contributed by atoms with Crippen LogP contribution in [0.15, 0.2) is 46.7 Å². The molecule has 1 aliphatic rings. The fourth-order valence-corrected chi connectivity index (χ4v) is 6.19. The molecule has 0 amide bonds. The van der Waals surface area contributed by atoms with Gasteiger partial charge in [0.05, 0.1) is 18.8 Å². The summed E-state index contributed by atoms with van der Waals surface area (Å²) in [6, 6.07) is 12.4. The van der Waals surface area contributed by atoms with Gasteiger partial charge < -0.3 is 10.9 Å². The van der Waals surface area contributed by atoms with Gasteiger partial charge in [-0.1, -0.05) is 10.6 Å². The summed E-state index contributed by atoms with van der Waals surface area (Å²) in [6.07, 6.45) is 0. The van der Waals surface area contributed by atoms with Crippen molar-refractivity contribution in [3.05, 3.63) is 59.4 Å². The molecular weight excluding hydrogens is 518 g/mol. The molecule has 14 heteroatoms. The van der Waals surface area contributed by atoms with Crippen LogP contribution in [0.3, 0.4) is 0 Å². The minimum atomic E-state index is -3.91. The first kappa shape index (κ1) is 27.1. The smallest absolute Gasteiger partial charge is 0.379 e. The molecule has 186 valence electrons. The zero-order chi connectivity index (χ0) is 24.1. The average Bonchev–Trinajstić information content (AvgIpc) is 3.24. The van der Waals surface area contributed by atoms with Crippen molar-refractivity contribution in [1.82, 2.24) is 15.8 Å². The lowest BCUT2D eigenvalue weighted by Gasteiger charge is -2.26. The molecule has 0 spiro atoms. The number of nitriles is 1. The van der Waals surface area contributed by atoms with E-state index >= 15 is 0 Å². The number of benzene rings is 2. The van der Waals surface area contributed by atoms with E-state index in [9.17, 15) is 17.4 Å². The maximum Gasteiger partial charge on any atom is 0.751 e. The first-order valence-electron chi connectivity index (χ1n) is 10.1. The molecule has 4 rings (SSSR count). The van der Waals surface area contributed by atoms with E-state index in [4.69, 9.17) is 19.0 Å². The summed E-state index contributed by atoms with van der Waals surface area (Å²) >= 11 is 1.11. The minimum Gasteiger partial charge on any atom is -0.379 e. The Hall–Kier alpha value is -2.53. The number of sulfonamides is 1. The Morgan fingerprint density at radius 2 is 1.97 bits per heavy atom. The van der Waals surface area contributed by atoms with Crippen molar-refractivity contribution in [2.75, 3.05) is 33.0 Å². The largest absolute Gasteiger partial charge is 0.751 e. The highest BCUT2D eigenvalue weighted by Crippen LogP contribution is 2.31. The van der Waals surface area contributed by atoms with Gasteiger partial charge in [-0.2, -0.15) is 9.98 Å². The predicted octanol–water partition coefficient (Wildman–Crippen LogP) is 3.90. The molecular formula is C21H23FN4O6PS2+. The summed E-state index contributed by atoms with van der Waals surface area (Å²) in [5.41, 5.74) is 0.897. The number of nitrogens with one attached hydrogen (secondary N) is 1. The molecule has 0 bridgehead atoms. The first-order chi connectivity index (χ1) is 16.3. The van der Waals surface area contributed by atoms with Crippen LogP contribution < -0.4 is 15.4 Å². The Balaban J connectivity index is 0.00000342. The lowest BCUT2D eigenvalue weighted by Crippen LogP contribution is -2.35. The van der Waals surface area contributed by atoms with Crippen LogP contribution in [0.4, 0.5) is 4.39 Å². The number of nitrogens with zero attached hydrogens (tertiary/aromatic N) is 2. The van der Waals surface area contributed by atoms with E-state index in [0.29, 0.717) is 13.2 Å². The number of thiophene rings is 1. The second-order valence-electron chi connectivity index (χ2n) is 7.32. The van der Waals surface area contributed by atoms with Gasteiger partial charge in [0, 0.05) is 35.0 Å². The van der Waals surface area contributed by atoms with Gasteiger partial charge in [-0.25, -0.2) is 17.3 Å². The molecule has 1 atom stereocenters. The van der Waals surface area contributed by atoms with Crippen LogP contribution in [0.25, 0.3) is 10.1 Å². The Bertz CT molecular complexity index is 1360. The number of ether oxygens (including phenoxy) is 1. The van der Waals surface area contributed by atoms with E-state index in [2.05, 4.69) is 9.62 Å². The Morgan fingerprint density at radius 3 is 2.69 bits per heavy atom. The number of halogens is 1. The molecule has 35 heavy (non-hydrogen) atoms. The van der Waals surface area contributed by atoms with E-state index < -0.39 is 30.8 Å². The zero-order valence-electron chi connectivity index (χ0n) is 18.5. The Labute approximate surface area is 206 Å². The third-order valence-corrected chi connectivity index (χ3v) is 8.66. The molecule has 3 aromatic rings. The van der Waals surface area contributed by atoms with Crippen molar-refractivity contribution in [2.24, 2.45) is 0 Å². The number of fused-ring (bicyclic) bond motifs is 1. The number of hydrogen-bond acceptors (Lipinski definition) is 10. The maximum absolute atomic E-state index is 13.6. The molecule has 2 aromatic carbocycles.